The lowest BCUT2D eigenvalue weighted by atomic mass is 10.0. The van der Waals surface area contributed by atoms with Gasteiger partial charge in [0, 0.05) is 23.8 Å². The molecule has 8 heteroatoms. The Balaban J connectivity index is 1.81. The number of benzene rings is 2. The third kappa shape index (κ3) is 4.48. The fourth-order valence-electron chi connectivity index (χ4n) is 3.29. The van der Waals surface area contributed by atoms with Crippen molar-refractivity contribution < 1.29 is 17.9 Å². The Bertz CT molecular complexity index is 992. The van der Waals surface area contributed by atoms with Gasteiger partial charge < -0.3 is 10.1 Å². The quantitative estimate of drug-likeness (QED) is 0.770. The van der Waals surface area contributed by atoms with E-state index in [9.17, 15) is 13.2 Å². The first-order chi connectivity index (χ1) is 13.3. The lowest BCUT2D eigenvalue weighted by Gasteiger charge is -2.28. The Morgan fingerprint density at radius 1 is 1.21 bits per heavy atom. The van der Waals surface area contributed by atoms with Crippen LogP contribution in [0.5, 0.6) is 5.75 Å². The number of hydrogen-bond acceptors (Lipinski definition) is 4. The molecule has 0 aliphatic carbocycles. The average molecular weight is 423 g/mol. The predicted octanol–water partition coefficient (Wildman–Crippen LogP) is 3.70. The number of sulfonamides is 1. The molecule has 0 radical (unpaired) electrons. The van der Waals surface area contributed by atoms with Gasteiger partial charge in [-0.2, -0.15) is 4.31 Å². The first-order valence-electron chi connectivity index (χ1n) is 9.08. The van der Waals surface area contributed by atoms with Gasteiger partial charge in [0.05, 0.1) is 18.4 Å². The van der Waals surface area contributed by atoms with Crippen molar-refractivity contribution in [1.82, 2.24) is 4.31 Å². The van der Waals surface area contributed by atoms with Crippen molar-refractivity contribution in [3.05, 3.63) is 58.1 Å². The van der Waals surface area contributed by atoms with E-state index in [1.807, 2.05) is 25.1 Å². The minimum Gasteiger partial charge on any atom is -0.496 e. The first kappa shape index (κ1) is 20.6. The number of carbonyl (C=O) groups is 1. The van der Waals surface area contributed by atoms with Crippen molar-refractivity contribution in [3.63, 3.8) is 0 Å². The second-order valence-corrected chi connectivity index (χ2v) is 9.21. The second kappa shape index (κ2) is 8.51. The normalized spacial score (nSPS) is 14.4. The summed E-state index contributed by atoms with van der Waals surface area (Å²) in [6.07, 6.45) is 1.25. The SMILES string of the molecule is CCCS(=O)(=O)N1CCc2ccc(NC(=O)c3cc(Cl)ccc3OC)cc2C1. The Morgan fingerprint density at radius 3 is 2.71 bits per heavy atom. The standard InChI is InChI=1S/C20H23ClN2O4S/c1-3-10-28(25,26)23-9-8-14-4-6-17(11-15(14)13-23)22-20(24)18-12-16(21)5-7-19(18)27-2/h4-7,11-12H,3,8-10,13H2,1-2H3,(H,22,24). The molecule has 0 unspecified atom stereocenters. The molecule has 1 amide bonds. The molecule has 0 fully saturated rings. The molecule has 0 saturated carbocycles. The summed E-state index contributed by atoms with van der Waals surface area (Å²) in [6.45, 7) is 2.66. The predicted molar refractivity (Wildman–Crippen MR) is 111 cm³/mol. The van der Waals surface area contributed by atoms with Crippen LogP contribution in [0.4, 0.5) is 5.69 Å². The largest absolute Gasteiger partial charge is 0.496 e. The fraction of sp³-hybridized carbons (Fsp3) is 0.350. The molecular formula is C20H23ClN2O4S. The lowest BCUT2D eigenvalue weighted by molar-refractivity contribution is 0.102. The number of amides is 1. The van der Waals surface area contributed by atoms with E-state index in [1.165, 1.54) is 11.4 Å². The molecule has 0 bridgehead atoms. The van der Waals surface area contributed by atoms with Crippen molar-refractivity contribution in [3.8, 4) is 5.75 Å². The average Bonchev–Trinajstić information content (AvgIpc) is 2.67. The summed E-state index contributed by atoms with van der Waals surface area (Å²) < 4.78 is 31.5. The molecule has 3 rings (SSSR count). The molecule has 2 aromatic rings. The number of nitrogens with one attached hydrogen (secondary N) is 1. The summed E-state index contributed by atoms with van der Waals surface area (Å²) in [5, 5.41) is 3.28. The summed E-state index contributed by atoms with van der Waals surface area (Å²) in [4.78, 5) is 12.7. The van der Waals surface area contributed by atoms with Gasteiger partial charge >= 0.3 is 0 Å². The topological polar surface area (TPSA) is 75.7 Å². The number of ether oxygens (including phenoxy) is 1. The van der Waals surface area contributed by atoms with Crippen LogP contribution in [0.15, 0.2) is 36.4 Å². The summed E-state index contributed by atoms with van der Waals surface area (Å²) >= 11 is 6.00. The molecular weight excluding hydrogens is 400 g/mol. The van der Waals surface area contributed by atoms with E-state index in [4.69, 9.17) is 16.3 Å². The van der Waals surface area contributed by atoms with Crippen LogP contribution in [0.2, 0.25) is 5.02 Å². The maximum atomic E-state index is 12.7. The smallest absolute Gasteiger partial charge is 0.259 e. The van der Waals surface area contributed by atoms with Crippen molar-refractivity contribution >= 4 is 33.2 Å². The Morgan fingerprint density at radius 2 is 2.00 bits per heavy atom. The molecule has 28 heavy (non-hydrogen) atoms. The summed E-state index contributed by atoms with van der Waals surface area (Å²) in [6, 6.07) is 10.4. The monoisotopic (exact) mass is 422 g/mol. The Hall–Kier alpha value is -2.09. The van der Waals surface area contributed by atoms with E-state index < -0.39 is 10.0 Å². The van der Waals surface area contributed by atoms with E-state index in [0.717, 1.165) is 11.1 Å². The van der Waals surface area contributed by atoms with Crippen LogP contribution in [0.3, 0.4) is 0 Å². The molecule has 2 aromatic carbocycles. The number of fused-ring (bicyclic) bond motifs is 1. The molecule has 1 N–H and O–H groups in total. The van der Waals surface area contributed by atoms with E-state index >= 15 is 0 Å². The molecule has 0 spiro atoms. The number of halogens is 1. The zero-order valence-corrected chi connectivity index (χ0v) is 17.4. The number of carbonyl (C=O) groups excluding carboxylic acids is 1. The van der Waals surface area contributed by atoms with Gasteiger partial charge in [-0.25, -0.2) is 8.42 Å². The highest BCUT2D eigenvalue weighted by Gasteiger charge is 2.26. The zero-order valence-electron chi connectivity index (χ0n) is 15.9. The Labute approximate surface area is 170 Å². The summed E-state index contributed by atoms with van der Waals surface area (Å²) in [5.41, 5.74) is 2.93. The van der Waals surface area contributed by atoms with E-state index in [2.05, 4.69) is 5.32 Å². The van der Waals surface area contributed by atoms with E-state index in [0.29, 0.717) is 48.0 Å². The number of methoxy groups -OCH3 is 1. The van der Waals surface area contributed by atoms with Gasteiger partial charge in [-0.1, -0.05) is 24.6 Å². The van der Waals surface area contributed by atoms with Crippen LogP contribution < -0.4 is 10.1 Å². The maximum absolute atomic E-state index is 12.7. The van der Waals surface area contributed by atoms with Crippen LogP contribution in [0.25, 0.3) is 0 Å². The molecule has 6 nitrogen and oxygen atoms in total. The molecule has 1 heterocycles. The molecule has 1 aliphatic rings. The van der Waals surface area contributed by atoms with Gasteiger partial charge in [0.2, 0.25) is 10.0 Å². The summed E-state index contributed by atoms with van der Waals surface area (Å²) in [7, 11) is -1.76. The molecule has 150 valence electrons. The lowest BCUT2D eigenvalue weighted by Crippen LogP contribution is -2.37. The van der Waals surface area contributed by atoms with E-state index in [-0.39, 0.29) is 11.7 Å². The third-order valence-corrected chi connectivity index (χ3v) is 6.96. The van der Waals surface area contributed by atoms with Gasteiger partial charge in [0.1, 0.15) is 5.75 Å². The highest BCUT2D eigenvalue weighted by atomic mass is 35.5. The fourth-order valence-corrected chi connectivity index (χ4v) is 4.94. The first-order valence-corrected chi connectivity index (χ1v) is 11.1. The van der Waals surface area contributed by atoms with Crippen molar-refractivity contribution in [2.75, 3.05) is 24.7 Å². The Kier molecular flexibility index (Phi) is 6.27. The van der Waals surface area contributed by atoms with Crippen molar-refractivity contribution in [1.29, 1.82) is 0 Å². The van der Waals surface area contributed by atoms with Crippen LogP contribution in [-0.2, 0) is 23.0 Å². The molecule has 0 saturated heterocycles. The highest BCUT2D eigenvalue weighted by molar-refractivity contribution is 7.89. The van der Waals surface area contributed by atoms with Gasteiger partial charge in [-0.05, 0) is 54.3 Å². The second-order valence-electron chi connectivity index (χ2n) is 6.68. The molecule has 1 aliphatic heterocycles. The van der Waals surface area contributed by atoms with E-state index in [1.54, 1.807) is 18.2 Å². The van der Waals surface area contributed by atoms with Gasteiger partial charge in [-0.3, -0.25) is 4.79 Å². The molecule has 0 aromatic heterocycles. The van der Waals surface area contributed by atoms with Crippen molar-refractivity contribution in [2.45, 2.75) is 26.3 Å². The van der Waals surface area contributed by atoms with Crippen LogP contribution in [-0.4, -0.2) is 38.0 Å². The number of hydrogen-bond donors (Lipinski definition) is 1. The van der Waals surface area contributed by atoms with Crippen LogP contribution in [0.1, 0.15) is 34.8 Å². The van der Waals surface area contributed by atoms with Crippen LogP contribution >= 0.6 is 11.6 Å². The highest BCUT2D eigenvalue weighted by Crippen LogP contribution is 2.27. The van der Waals surface area contributed by atoms with Crippen molar-refractivity contribution in [2.24, 2.45) is 0 Å². The number of rotatable bonds is 6. The third-order valence-electron chi connectivity index (χ3n) is 4.70. The molecule has 0 atom stereocenters. The maximum Gasteiger partial charge on any atom is 0.259 e. The van der Waals surface area contributed by atoms with Gasteiger partial charge in [0.25, 0.3) is 5.91 Å². The van der Waals surface area contributed by atoms with Gasteiger partial charge in [-0.15, -0.1) is 0 Å². The number of nitrogens with zero attached hydrogens (tertiary/aromatic N) is 1. The zero-order chi connectivity index (χ0) is 20.3. The number of anilines is 1. The summed E-state index contributed by atoms with van der Waals surface area (Å²) in [5.74, 6) is 0.232. The van der Waals surface area contributed by atoms with Crippen LogP contribution in [0, 0.1) is 0 Å². The minimum absolute atomic E-state index is 0.146. The minimum atomic E-state index is -3.25. The van der Waals surface area contributed by atoms with Gasteiger partial charge in [0.15, 0.2) is 0 Å².